The molecule has 0 saturated carbocycles. The van der Waals surface area contributed by atoms with Gasteiger partial charge in [-0.25, -0.2) is 8.42 Å². The predicted molar refractivity (Wildman–Crippen MR) is 71.5 cm³/mol. The van der Waals surface area contributed by atoms with Gasteiger partial charge in [0.15, 0.2) is 5.03 Å². The van der Waals surface area contributed by atoms with Gasteiger partial charge in [0.2, 0.25) is 0 Å². The average Bonchev–Trinajstić information content (AvgIpc) is 2.76. The molecule has 1 aliphatic rings. The molecule has 18 heavy (non-hydrogen) atoms. The van der Waals surface area contributed by atoms with Crippen molar-refractivity contribution in [3.8, 4) is 0 Å². The van der Waals surface area contributed by atoms with E-state index in [1.165, 1.54) is 21.3 Å². The van der Waals surface area contributed by atoms with E-state index in [9.17, 15) is 8.42 Å². The second-order valence-corrected chi connectivity index (χ2v) is 6.73. The number of thiocarbonyl (C=S) groups is 1. The van der Waals surface area contributed by atoms with Gasteiger partial charge in [0.1, 0.15) is 0 Å². The van der Waals surface area contributed by atoms with Crippen molar-refractivity contribution in [2.45, 2.75) is 17.9 Å². The number of rotatable bonds is 3. The Labute approximate surface area is 112 Å². The zero-order valence-electron chi connectivity index (χ0n) is 10.1. The number of hydrogen-bond acceptors (Lipinski definition) is 4. The van der Waals surface area contributed by atoms with Crippen LogP contribution in [0.1, 0.15) is 12.8 Å². The van der Waals surface area contributed by atoms with Crippen LogP contribution in [0.25, 0.3) is 0 Å². The minimum Gasteiger partial charge on any atom is -0.393 e. The van der Waals surface area contributed by atoms with E-state index in [-0.39, 0.29) is 10.9 Å². The first kappa shape index (κ1) is 13.4. The summed E-state index contributed by atoms with van der Waals surface area (Å²) in [6, 6.07) is 1.51. The van der Waals surface area contributed by atoms with Gasteiger partial charge in [0.25, 0.3) is 10.0 Å². The predicted octanol–water partition coefficient (Wildman–Crippen LogP) is 0.107. The summed E-state index contributed by atoms with van der Waals surface area (Å²) in [4.78, 5) is 0.479. The Morgan fingerprint density at radius 1 is 1.50 bits per heavy atom. The van der Waals surface area contributed by atoms with Crippen molar-refractivity contribution in [3.05, 3.63) is 12.3 Å². The van der Waals surface area contributed by atoms with Crippen LogP contribution in [0.2, 0.25) is 0 Å². The molecule has 8 heteroatoms. The maximum Gasteiger partial charge on any atom is 0.260 e. The Hall–Kier alpha value is -0.990. The summed E-state index contributed by atoms with van der Waals surface area (Å²) in [5.41, 5.74) is 5.59. The normalized spacial score (nSPS) is 18.9. The van der Waals surface area contributed by atoms with E-state index < -0.39 is 10.0 Å². The second-order valence-electron chi connectivity index (χ2n) is 4.37. The highest BCUT2D eigenvalue weighted by molar-refractivity contribution is 7.89. The Morgan fingerprint density at radius 2 is 2.11 bits per heavy atom. The van der Waals surface area contributed by atoms with Crippen LogP contribution in [0.5, 0.6) is 0 Å². The van der Waals surface area contributed by atoms with E-state index in [4.69, 9.17) is 18.0 Å². The molecular formula is C10H16N4O2S2. The van der Waals surface area contributed by atoms with Gasteiger partial charge in [-0.3, -0.25) is 4.68 Å². The maximum atomic E-state index is 12.3. The molecule has 1 aliphatic heterocycles. The van der Waals surface area contributed by atoms with E-state index in [2.05, 4.69) is 5.10 Å². The first-order valence-corrected chi connectivity index (χ1v) is 7.55. The molecule has 1 saturated heterocycles. The number of nitrogens with two attached hydrogens (primary N) is 1. The fraction of sp³-hybridized carbons (Fsp3) is 0.600. The van der Waals surface area contributed by atoms with Crippen molar-refractivity contribution in [1.82, 2.24) is 14.1 Å². The maximum absolute atomic E-state index is 12.3. The summed E-state index contributed by atoms with van der Waals surface area (Å²) in [5.74, 6) is 0.151. The van der Waals surface area contributed by atoms with Gasteiger partial charge < -0.3 is 5.73 Å². The Kier molecular flexibility index (Phi) is 3.69. The number of hydrogen-bond donors (Lipinski definition) is 1. The van der Waals surface area contributed by atoms with Crippen LogP contribution in [-0.4, -0.2) is 40.6 Å². The molecule has 0 aliphatic carbocycles. The molecule has 0 amide bonds. The molecule has 0 atom stereocenters. The summed E-state index contributed by atoms with van der Waals surface area (Å²) >= 11 is 4.94. The molecule has 1 aromatic rings. The summed E-state index contributed by atoms with van der Waals surface area (Å²) in [7, 11) is -1.83. The average molecular weight is 288 g/mol. The summed E-state index contributed by atoms with van der Waals surface area (Å²) in [6.45, 7) is 0.908. The smallest absolute Gasteiger partial charge is 0.260 e. The fourth-order valence-electron chi connectivity index (χ4n) is 2.13. The molecule has 2 heterocycles. The third kappa shape index (κ3) is 2.40. The first-order chi connectivity index (χ1) is 8.43. The van der Waals surface area contributed by atoms with Crippen molar-refractivity contribution in [2.24, 2.45) is 18.7 Å². The lowest BCUT2D eigenvalue weighted by molar-refractivity contribution is 0.314. The van der Waals surface area contributed by atoms with E-state index in [1.807, 2.05) is 0 Å². The van der Waals surface area contributed by atoms with E-state index in [0.717, 1.165) is 0 Å². The molecule has 0 spiro atoms. The Balaban J connectivity index is 2.15. The SMILES string of the molecule is Cn1nccc1S(=O)(=O)N1CCC(C(N)=S)CC1. The zero-order chi connectivity index (χ0) is 13.3. The molecule has 0 bridgehead atoms. The van der Waals surface area contributed by atoms with E-state index in [1.54, 1.807) is 7.05 Å². The van der Waals surface area contributed by atoms with Crippen LogP contribution in [0.3, 0.4) is 0 Å². The lowest BCUT2D eigenvalue weighted by atomic mass is 9.98. The molecule has 1 fully saturated rings. The largest absolute Gasteiger partial charge is 0.393 e. The second kappa shape index (κ2) is 4.94. The van der Waals surface area contributed by atoms with Crippen LogP contribution >= 0.6 is 12.2 Å². The van der Waals surface area contributed by atoms with Gasteiger partial charge in [-0.15, -0.1) is 0 Å². The lowest BCUT2D eigenvalue weighted by Gasteiger charge is -2.30. The van der Waals surface area contributed by atoms with Gasteiger partial charge in [0, 0.05) is 26.1 Å². The molecule has 100 valence electrons. The highest BCUT2D eigenvalue weighted by atomic mass is 32.2. The van der Waals surface area contributed by atoms with Crippen LogP contribution in [-0.2, 0) is 17.1 Å². The van der Waals surface area contributed by atoms with E-state index >= 15 is 0 Å². The summed E-state index contributed by atoms with van der Waals surface area (Å²) < 4.78 is 27.5. The quantitative estimate of drug-likeness (QED) is 0.798. The number of aryl methyl sites for hydroxylation is 1. The van der Waals surface area contributed by atoms with Crippen molar-refractivity contribution in [2.75, 3.05) is 13.1 Å². The molecule has 1 aromatic heterocycles. The van der Waals surface area contributed by atoms with Gasteiger partial charge >= 0.3 is 0 Å². The molecule has 2 rings (SSSR count). The van der Waals surface area contributed by atoms with Gasteiger partial charge in [-0.1, -0.05) is 12.2 Å². The zero-order valence-corrected chi connectivity index (χ0v) is 11.7. The first-order valence-electron chi connectivity index (χ1n) is 5.70. The molecular weight excluding hydrogens is 272 g/mol. The van der Waals surface area contributed by atoms with Crippen LogP contribution in [0.15, 0.2) is 17.3 Å². The molecule has 0 radical (unpaired) electrons. The van der Waals surface area contributed by atoms with Crippen molar-refractivity contribution in [1.29, 1.82) is 0 Å². The van der Waals surface area contributed by atoms with Crippen LogP contribution in [0.4, 0.5) is 0 Å². The van der Waals surface area contributed by atoms with Crippen LogP contribution in [0, 0.1) is 5.92 Å². The molecule has 0 aromatic carbocycles. The number of sulfonamides is 1. The lowest BCUT2D eigenvalue weighted by Crippen LogP contribution is -2.41. The standard InChI is InChI=1S/C10H16N4O2S2/c1-13-9(2-5-12-13)18(15,16)14-6-3-8(4-7-14)10(11)17/h2,5,8H,3-4,6-7H2,1H3,(H2,11,17). The Morgan fingerprint density at radius 3 is 2.56 bits per heavy atom. The number of aromatic nitrogens is 2. The van der Waals surface area contributed by atoms with Gasteiger partial charge in [0.05, 0.1) is 11.2 Å². The number of piperidine rings is 1. The molecule has 0 unspecified atom stereocenters. The summed E-state index contributed by atoms with van der Waals surface area (Å²) in [5, 5.41) is 4.11. The summed E-state index contributed by atoms with van der Waals surface area (Å²) in [6.07, 6.45) is 2.85. The monoisotopic (exact) mass is 288 g/mol. The molecule has 6 nitrogen and oxygen atoms in total. The fourth-order valence-corrected chi connectivity index (χ4v) is 3.93. The topological polar surface area (TPSA) is 81.2 Å². The van der Waals surface area contributed by atoms with Crippen molar-refractivity contribution in [3.63, 3.8) is 0 Å². The van der Waals surface area contributed by atoms with Crippen LogP contribution < -0.4 is 5.73 Å². The third-order valence-corrected chi connectivity index (χ3v) is 5.54. The highest BCUT2D eigenvalue weighted by Gasteiger charge is 2.31. The van der Waals surface area contributed by atoms with Gasteiger partial charge in [-0.05, 0) is 18.9 Å². The minimum atomic E-state index is -3.45. The van der Waals surface area contributed by atoms with Crippen molar-refractivity contribution < 1.29 is 8.42 Å². The van der Waals surface area contributed by atoms with E-state index in [0.29, 0.717) is 30.9 Å². The number of nitrogens with zero attached hydrogens (tertiary/aromatic N) is 3. The van der Waals surface area contributed by atoms with Gasteiger partial charge in [-0.2, -0.15) is 9.40 Å². The highest BCUT2D eigenvalue weighted by Crippen LogP contribution is 2.23. The third-order valence-electron chi connectivity index (χ3n) is 3.24. The van der Waals surface area contributed by atoms with Crippen molar-refractivity contribution >= 4 is 27.2 Å². The molecule has 2 N–H and O–H groups in total. The Bertz CT molecular complexity index is 544. The minimum absolute atomic E-state index is 0.151.